The third kappa shape index (κ3) is 3.08. The van der Waals surface area contributed by atoms with E-state index in [4.69, 9.17) is 4.74 Å². The third-order valence-electron chi connectivity index (χ3n) is 2.04. The molecule has 0 saturated heterocycles. The van der Waals surface area contributed by atoms with Gasteiger partial charge in [-0.3, -0.25) is 4.79 Å². The number of ether oxygens (including phenoxy) is 2. The molecule has 0 aromatic carbocycles. The van der Waals surface area contributed by atoms with Crippen molar-refractivity contribution in [2.45, 2.75) is 12.8 Å². The number of nitrogens with zero attached hydrogens (tertiary/aromatic N) is 1. The second-order valence-electron chi connectivity index (χ2n) is 3.07. The van der Waals surface area contributed by atoms with Crippen LogP contribution in [0.1, 0.15) is 17.7 Å². The fraction of sp³-hybridized carbons (Fsp3) is 0.400. The van der Waals surface area contributed by atoms with Crippen LogP contribution in [0.3, 0.4) is 0 Å². The number of aromatic nitrogens is 1. The monoisotopic (exact) mass is 249 g/mol. The quantitative estimate of drug-likeness (QED) is 0.604. The van der Waals surface area contributed by atoms with Crippen LogP contribution in [0.2, 0.25) is 0 Å². The molecule has 0 aliphatic rings. The summed E-state index contributed by atoms with van der Waals surface area (Å²) < 4.78 is 47.1. The van der Waals surface area contributed by atoms with Gasteiger partial charge >= 0.3 is 5.97 Å². The summed E-state index contributed by atoms with van der Waals surface area (Å²) in [5.74, 6) is -2.06. The molecule has 1 rings (SSSR count). The summed E-state index contributed by atoms with van der Waals surface area (Å²) in [5.41, 5.74) is -0.947. The van der Waals surface area contributed by atoms with Crippen LogP contribution in [-0.2, 0) is 16.0 Å². The summed E-state index contributed by atoms with van der Waals surface area (Å²) in [6.07, 6.45) is -3.34. The number of esters is 1. The zero-order chi connectivity index (χ0) is 13.0. The standard InChI is InChI=1S/C10H10F3NO3/c1-16-7-3-5(9(11)12)10(13)14-6(7)4-8(15)17-2/h3,9H,4H2,1-2H3. The van der Waals surface area contributed by atoms with Crippen LogP contribution in [0.4, 0.5) is 13.2 Å². The van der Waals surface area contributed by atoms with Gasteiger partial charge in [0.15, 0.2) is 0 Å². The largest absolute Gasteiger partial charge is 0.495 e. The molecule has 0 aliphatic heterocycles. The van der Waals surface area contributed by atoms with Crippen molar-refractivity contribution in [2.24, 2.45) is 0 Å². The molecular formula is C10H10F3NO3. The van der Waals surface area contributed by atoms with Crippen LogP contribution in [0.25, 0.3) is 0 Å². The van der Waals surface area contributed by atoms with Gasteiger partial charge in [-0.05, 0) is 6.07 Å². The Morgan fingerprint density at radius 3 is 2.59 bits per heavy atom. The van der Waals surface area contributed by atoms with E-state index in [1.54, 1.807) is 0 Å². The van der Waals surface area contributed by atoms with E-state index in [-0.39, 0.29) is 17.9 Å². The van der Waals surface area contributed by atoms with E-state index < -0.39 is 23.9 Å². The summed E-state index contributed by atoms with van der Waals surface area (Å²) in [4.78, 5) is 14.3. The Hall–Kier alpha value is -1.79. The molecule has 0 spiro atoms. The number of halogens is 3. The molecule has 1 heterocycles. The first-order valence-corrected chi connectivity index (χ1v) is 4.57. The maximum atomic E-state index is 13.2. The van der Waals surface area contributed by atoms with E-state index in [1.807, 2.05) is 0 Å². The Kier molecular flexibility index (Phi) is 4.30. The van der Waals surface area contributed by atoms with Crippen molar-refractivity contribution < 1.29 is 27.4 Å². The van der Waals surface area contributed by atoms with Crippen LogP contribution >= 0.6 is 0 Å². The second kappa shape index (κ2) is 5.51. The highest BCUT2D eigenvalue weighted by molar-refractivity contribution is 5.72. The Balaban J connectivity index is 3.14. The van der Waals surface area contributed by atoms with Gasteiger partial charge in [-0.2, -0.15) is 4.39 Å². The van der Waals surface area contributed by atoms with Crippen LogP contribution in [0, 0.1) is 5.95 Å². The first kappa shape index (κ1) is 13.3. The van der Waals surface area contributed by atoms with Gasteiger partial charge < -0.3 is 9.47 Å². The van der Waals surface area contributed by atoms with Crippen molar-refractivity contribution in [3.05, 3.63) is 23.3 Å². The van der Waals surface area contributed by atoms with E-state index in [1.165, 1.54) is 7.11 Å². The lowest BCUT2D eigenvalue weighted by Crippen LogP contribution is -2.10. The van der Waals surface area contributed by atoms with Crippen molar-refractivity contribution in [3.8, 4) is 5.75 Å². The minimum atomic E-state index is -3.00. The van der Waals surface area contributed by atoms with Gasteiger partial charge in [0.1, 0.15) is 5.75 Å². The lowest BCUT2D eigenvalue weighted by atomic mass is 10.2. The van der Waals surface area contributed by atoms with Crippen molar-refractivity contribution in [3.63, 3.8) is 0 Å². The number of methoxy groups -OCH3 is 2. The van der Waals surface area contributed by atoms with E-state index >= 15 is 0 Å². The van der Waals surface area contributed by atoms with Crippen molar-refractivity contribution in [1.29, 1.82) is 0 Å². The minimum absolute atomic E-state index is 0.0768. The SMILES string of the molecule is COC(=O)Cc1nc(F)c(C(F)F)cc1OC. The predicted octanol–water partition coefficient (Wildman–Crippen LogP) is 1.88. The molecule has 0 unspecified atom stereocenters. The summed E-state index contributed by atoms with van der Waals surface area (Å²) in [7, 11) is 2.36. The van der Waals surface area contributed by atoms with Crippen molar-refractivity contribution in [1.82, 2.24) is 4.98 Å². The van der Waals surface area contributed by atoms with Gasteiger partial charge in [-0.1, -0.05) is 0 Å². The zero-order valence-electron chi connectivity index (χ0n) is 9.17. The molecule has 0 saturated carbocycles. The number of rotatable bonds is 4. The lowest BCUT2D eigenvalue weighted by Gasteiger charge is -2.09. The number of carbonyl (C=O) groups is 1. The number of pyridine rings is 1. The van der Waals surface area contributed by atoms with Crippen LogP contribution < -0.4 is 4.74 Å². The highest BCUT2D eigenvalue weighted by Crippen LogP contribution is 2.27. The molecule has 1 aromatic heterocycles. The number of hydrogen-bond donors (Lipinski definition) is 0. The number of hydrogen-bond acceptors (Lipinski definition) is 4. The van der Waals surface area contributed by atoms with Gasteiger partial charge in [0.25, 0.3) is 6.43 Å². The molecule has 7 heteroatoms. The fourth-order valence-corrected chi connectivity index (χ4v) is 1.19. The first-order chi connectivity index (χ1) is 7.99. The normalized spacial score (nSPS) is 10.5. The van der Waals surface area contributed by atoms with E-state index in [2.05, 4.69) is 9.72 Å². The smallest absolute Gasteiger partial charge is 0.311 e. The average molecular weight is 249 g/mol. The Bertz CT molecular complexity index is 424. The van der Waals surface area contributed by atoms with Crippen LogP contribution in [0.5, 0.6) is 5.75 Å². The first-order valence-electron chi connectivity index (χ1n) is 4.57. The van der Waals surface area contributed by atoms with Gasteiger partial charge in [-0.25, -0.2) is 13.8 Å². The van der Waals surface area contributed by atoms with E-state index in [0.29, 0.717) is 0 Å². The minimum Gasteiger partial charge on any atom is -0.495 e. The van der Waals surface area contributed by atoms with Gasteiger partial charge in [0, 0.05) is 0 Å². The van der Waals surface area contributed by atoms with Crippen LogP contribution in [0.15, 0.2) is 6.07 Å². The Labute approximate surface area is 95.4 Å². The summed E-state index contributed by atoms with van der Waals surface area (Å²) in [5, 5.41) is 0. The van der Waals surface area contributed by atoms with Gasteiger partial charge in [0.2, 0.25) is 5.95 Å². The molecule has 0 atom stereocenters. The van der Waals surface area contributed by atoms with Crippen molar-refractivity contribution in [2.75, 3.05) is 14.2 Å². The fourth-order valence-electron chi connectivity index (χ4n) is 1.19. The summed E-state index contributed by atoms with van der Waals surface area (Å²) in [6.45, 7) is 0. The molecule has 0 fully saturated rings. The number of alkyl halides is 2. The predicted molar refractivity (Wildman–Crippen MR) is 51.4 cm³/mol. The van der Waals surface area contributed by atoms with E-state index in [9.17, 15) is 18.0 Å². The average Bonchev–Trinajstić information content (AvgIpc) is 2.28. The highest BCUT2D eigenvalue weighted by atomic mass is 19.3. The van der Waals surface area contributed by atoms with Gasteiger partial charge in [0.05, 0.1) is 31.9 Å². The maximum Gasteiger partial charge on any atom is 0.311 e. The van der Waals surface area contributed by atoms with E-state index in [0.717, 1.165) is 13.2 Å². The molecule has 1 aromatic rings. The molecule has 0 N–H and O–H groups in total. The molecule has 94 valence electrons. The molecule has 0 radical (unpaired) electrons. The summed E-state index contributed by atoms with van der Waals surface area (Å²) in [6, 6.07) is 0.825. The molecular weight excluding hydrogens is 239 g/mol. The Morgan fingerprint density at radius 2 is 2.12 bits per heavy atom. The zero-order valence-corrected chi connectivity index (χ0v) is 9.17. The highest BCUT2D eigenvalue weighted by Gasteiger charge is 2.20. The maximum absolute atomic E-state index is 13.2. The molecule has 0 amide bonds. The summed E-state index contributed by atoms with van der Waals surface area (Å²) >= 11 is 0. The lowest BCUT2D eigenvalue weighted by molar-refractivity contribution is -0.139. The molecule has 0 aliphatic carbocycles. The topological polar surface area (TPSA) is 48.4 Å². The van der Waals surface area contributed by atoms with Crippen molar-refractivity contribution >= 4 is 5.97 Å². The number of carbonyl (C=O) groups excluding carboxylic acids is 1. The third-order valence-corrected chi connectivity index (χ3v) is 2.04. The molecule has 17 heavy (non-hydrogen) atoms. The van der Waals surface area contributed by atoms with Crippen LogP contribution in [-0.4, -0.2) is 25.2 Å². The molecule has 0 bridgehead atoms. The Morgan fingerprint density at radius 1 is 1.47 bits per heavy atom. The second-order valence-corrected chi connectivity index (χ2v) is 3.07. The molecule has 4 nitrogen and oxygen atoms in total. The van der Waals surface area contributed by atoms with Gasteiger partial charge in [-0.15, -0.1) is 0 Å².